The van der Waals surface area contributed by atoms with Crippen molar-refractivity contribution in [3.05, 3.63) is 29.8 Å². The van der Waals surface area contributed by atoms with Crippen LogP contribution >= 0.6 is 0 Å². The van der Waals surface area contributed by atoms with Crippen LogP contribution in [0.15, 0.2) is 24.3 Å². The van der Waals surface area contributed by atoms with Crippen molar-refractivity contribution in [3.63, 3.8) is 0 Å². The molecule has 1 aromatic rings. The highest BCUT2D eigenvalue weighted by Gasteiger charge is 2.24. The molecule has 1 atom stereocenters. The maximum absolute atomic E-state index is 12.7. The van der Waals surface area contributed by atoms with Crippen LogP contribution in [0.1, 0.15) is 23.7 Å². The molecule has 2 N–H and O–H groups in total. The third-order valence-corrected chi connectivity index (χ3v) is 3.49. The van der Waals surface area contributed by atoms with Crippen LogP contribution < -0.4 is 5.73 Å². The Labute approximate surface area is 127 Å². The van der Waals surface area contributed by atoms with Crippen molar-refractivity contribution in [2.24, 2.45) is 0 Å². The molecule has 1 unspecified atom stereocenters. The molecule has 0 radical (unpaired) electrons. The fourth-order valence-electron chi connectivity index (χ4n) is 2.29. The number of nitrogens with two attached hydrogens (primary N) is 1. The van der Waals surface area contributed by atoms with Gasteiger partial charge in [-0.25, -0.2) is 0 Å². The number of hydrogen-bond donors (Lipinski definition) is 1. The SMILES string of the molecule is CCC(C(=O)c1ccc(N)cc1)N(CCOC)CCOC. The number of benzene rings is 1. The Hall–Kier alpha value is -1.43. The molecule has 0 spiro atoms. The highest BCUT2D eigenvalue weighted by atomic mass is 16.5. The number of rotatable bonds is 10. The van der Waals surface area contributed by atoms with E-state index in [-0.39, 0.29) is 11.8 Å². The van der Waals surface area contributed by atoms with E-state index < -0.39 is 0 Å². The number of hydrogen-bond acceptors (Lipinski definition) is 5. The second kappa shape index (κ2) is 9.50. The number of nitrogens with zero attached hydrogens (tertiary/aromatic N) is 1. The van der Waals surface area contributed by atoms with Gasteiger partial charge in [0.05, 0.1) is 19.3 Å². The first-order valence-electron chi connectivity index (χ1n) is 7.25. The molecule has 1 rings (SSSR count). The molecule has 5 nitrogen and oxygen atoms in total. The minimum Gasteiger partial charge on any atom is -0.399 e. The zero-order valence-corrected chi connectivity index (χ0v) is 13.2. The molecule has 0 saturated heterocycles. The largest absolute Gasteiger partial charge is 0.399 e. The lowest BCUT2D eigenvalue weighted by Crippen LogP contribution is -2.44. The van der Waals surface area contributed by atoms with E-state index >= 15 is 0 Å². The number of ketones is 1. The number of methoxy groups -OCH3 is 2. The molecular formula is C16H26N2O3. The van der Waals surface area contributed by atoms with Gasteiger partial charge >= 0.3 is 0 Å². The Morgan fingerprint density at radius 2 is 1.67 bits per heavy atom. The van der Waals surface area contributed by atoms with Crippen molar-refractivity contribution in [1.82, 2.24) is 4.90 Å². The summed E-state index contributed by atoms with van der Waals surface area (Å²) < 4.78 is 10.3. The maximum atomic E-state index is 12.7. The van der Waals surface area contributed by atoms with Gasteiger partial charge in [-0.05, 0) is 30.7 Å². The van der Waals surface area contributed by atoms with Crippen molar-refractivity contribution >= 4 is 11.5 Å². The monoisotopic (exact) mass is 294 g/mol. The minimum absolute atomic E-state index is 0.115. The summed E-state index contributed by atoms with van der Waals surface area (Å²) in [7, 11) is 3.33. The van der Waals surface area contributed by atoms with Crippen LogP contribution in [0, 0.1) is 0 Å². The van der Waals surface area contributed by atoms with E-state index in [4.69, 9.17) is 15.2 Å². The summed E-state index contributed by atoms with van der Waals surface area (Å²) in [5, 5.41) is 0. The fraction of sp³-hybridized carbons (Fsp3) is 0.562. The number of ether oxygens (including phenoxy) is 2. The van der Waals surface area contributed by atoms with Crippen LogP contribution in [-0.4, -0.2) is 57.2 Å². The van der Waals surface area contributed by atoms with E-state index in [1.54, 1.807) is 38.5 Å². The molecule has 0 saturated carbocycles. The summed E-state index contributed by atoms with van der Waals surface area (Å²) in [5.41, 5.74) is 7.02. The van der Waals surface area contributed by atoms with Gasteiger partial charge in [-0.2, -0.15) is 0 Å². The van der Waals surface area contributed by atoms with Crippen LogP contribution in [-0.2, 0) is 9.47 Å². The van der Waals surface area contributed by atoms with E-state index in [1.807, 2.05) is 6.92 Å². The van der Waals surface area contributed by atoms with Crippen molar-refractivity contribution in [1.29, 1.82) is 0 Å². The lowest BCUT2D eigenvalue weighted by molar-refractivity contribution is 0.0646. The molecular weight excluding hydrogens is 268 g/mol. The van der Waals surface area contributed by atoms with E-state index in [0.717, 1.165) is 6.42 Å². The Morgan fingerprint density at radius 3 is 2.10 bits per heavy atom. The summed E-state index contributed by atoms with van der Waals surface area (Å²) in [6, 6.07) is 6.92. The number of anilines is 1. The summed E-state index contributed by atoms with van der Waals surface area (Å²) in [6.07, 6.45) is 0.747. The van der Waals surface area contributed by atoms with Crippen LogP contribution in [0.2, 0.25) is 0 Å². The number of Topliss-reactive ketones (excluding diaryl/α,β-unsaturated/α-hetero) is 1. The van der Waals surface area contributed by atoms with E-state index in [2.05, 4.69) is 4.90 Å². The lowest BCUT2D eigenvalue weighted by Gasteiger charge is -2.29. The van der Waals surface area contributed by atoms with Gasteiger partial charge in [0.1, 0.15) is 0 Å². The average Bonchev–Trinajstić information content (AvgIpc) is 2.50. The van der Waals surface area contributed by atoms with Crippen LogP contribution in [0.3, 0.4) is 0 Å². The van der Waals surface area contributed by atoms with Crippen molar-refractivity contribution < 1.29 is 14.3 Å². The average molecular weight is 294 g/mol. The predicted molar refractivity (Wildman–Crippen MR) is 84.6 cm³/mol. The summed E-state index contributed by atoms with van der Waals surface area (Å²) in [6.45, 7) is 4.62. The van der Waals surface area contributed by atoms with Gasteiger partial charge in [0.25, 0.3) is 0 Å². The molecule has 5 heteroatoms. The second-order valence-electron chi connectivity index (χ2n) is 4.93. The smallest absolute Gasteiger partial charge is 0.179 e. The topological polar surface area (TPSA) is 64.8 Å². The Balaban J connectivity index is 2.84. The predicted octanol–water partition coefficient (Wildman–Crippen LogP) is 1.82. The molecule has 0 aliphatic carbocycles. The van der Waals surface area contributed by atoms with Crippen molar-refractivity contribution in [3.8, 4) is 0 Å². The van der Waals surface area contributed by atoms with Gasteiger partial charge in [0, 0.05) is 38.6 Å². The Kier molecular flexibility index (Phi) is 7.97. The second-order valence-corrected chi connectivity index (χ2v) is 4.93. The quantitative estimate of drug-likeness (QED) is 0.527. The molecule has 0 heterocycles. The van der Waals surface area contributed by atoms with Gasteiger partial charge in [-0.15, -0.1) is 0 Å². The first-order chi connectivity index (χ1) is 10.1. The molecule has 0 aromatic heterocycles. The zero-order valence-electron chi connectivity index (χ0n) is 13.2. The fourth-order valence-corrected chi connectivity index (χ4v) is 2.29. The molecule has 118 valence electrons. The summed E-state index contributed by atoms with van der Waals surface area (Å²) in [5.74, 6) is 0.115. The van der Waals surface area contributed by atoms with Crippen LogP contribution in [0.25, 0.3) is 0 Å². The van der Waals surface area contributed by atoms with Crippen molar-refractivity contribution in [2.75, 3.05) is 46.3 Å². The normalized spacial score (nSPS) is 12.6. The van der Waals surface area contributed by atoms with Crippen LogP contribution in [0.4, 0.5) is 5.69 Å². The van der Waals surface area contributed by atoms with Gasteiger partial charge in [-0.3, -0.25) is 9.69 Å². The van der Waals surface area contributed by atoms with E-state index in [1.165, 1.54) is 0 Å². The third kappa shape index (κ3) is 5.46. The van der Waals surface area contributed by atoms with E-state index in [0.29, 0.717) is 37.6 Å². The van der Waals surface area contributed by atoms with Crippen LogP contribution in [0.5, 0.6) is 0 Å². The number of carbonyl (C=O) groups excluding carboxylic acids is 1. The molecule has 0 aliphatic rings. The van der Waals surface area contributed by atoms with Gasteiger partial charge in [0.15, 0.2) is 5.78 Å². The zero-order chi connectivity index (χ0) is 15.7. The maximum Gasteiger partial charge on any atom is 0.179 e. The van der Waals surface area contributed by atoms with Gasteiger partial charge in [0.2, 0.25) is 0 Å². The first kappa shape index (κ1) is 17.6. The molecule has 0 amide bonds. The van der Waals surface area contributed by atoms with Gasteiger partial charge in [-0.1, -0.05) is 6.92 Å². The Morgan fingerprint density at radius 1 is 1.14 bits per heavy atom. The third-order valence-electron chi connectivity index (χ3n) is 3.49. The van der Waals surface area contributed by atoms with E-state index in [9.17, 15) is 4.79 Å². The molecule has 0 fully saturated rings. The van der Waals surface area contributed by atoms with Gasteiger partial charge < -0.3 is 15.2 Å². The standard InChI is InChI=1S/C16H26N2O3/c1-4-15(18(9-11-20-2)10-12-21-3)16(19)13-5-7-14(17)8-6-13/h5-8,15H,4,9-12,17H2,1-3H3. The summed E-state index contributed by atoms with van der Waals surface area (Å²) in [4.78, 5) is 14.8. The molecule has 0 bridgehead atoms. The van der Waals surface area contributed by atoms with Crippen molar-refractivity contribution in [2.45, 2.75) is 19.4 Å². The number of carbonyl (C=O) groups is 1. The Bertz CT molecular complexity index is 412. The summed E-state index contributed by atoms with van der Waals surface area (Å²) >= 11 is 0. The minimum atomic E-state index is -0.168. The first-order valence-corrected chi connectivity index (χ1v) is 7.25. The lowest BCUT2D eigenvalue weighted by atomic mass is 10.0. The highest BCUT2D eigenvalue weighted by molar-refractivity contribution is 6.00. The highest BCUT2D eigenvalue weighted by Crippen LogP contribution is 2.14. The molecule has 21 heavy (non-hydrogen) atoms. The molecule has 0 aliphatic heterocycles. The number of nitrogen functional groups attached to an aromatic ring is 1. The molecule has 1 aromatic carbocycles.